The van der Waals surface area contributed by atoms with Crippen LogP contribution in [0.25, 0.3) is 0 Å². The summed E-state index contributed by atoms with van der Waals surface area (Å²) in [6, 6.07) is 7.76. The van der Waals surface area contributed by atoms with Crippen LogP contribution in [-0.4, -0.2) is 87.1 Å². The summed E-state index contributed by atoms with van der Waals surface area (Å²) in [7, 11) is 0. The molecule has 8 nitrogen and oxygen atoms in total. The number of hydrogen-bond donors (Lipinski definition) is 1. The quantitative estimate of drug-likeness (QED) is 0.338. The van der Waals surface area contributed by atoms with Gasteiger partial charge >= 0.3 is 0 Å². The molecule has 0 radical (unpaired) electrons. The summed E-state index contributed by atoms with van der Waals surface area (Å²) in [5.41, 5.74) is -1.21. The van der Waals surface area contributed by atoms with Crippen LogP contribution >= 0.6 is 0 Å². The van der Waals surface area contributed by atoms with E-state index in [-0.39, 0.29) is 30.4 Å². The van der Waals surface area contributed by atoms with E-state index in [0.717, 1.165) is 44.1 Å². The number of fused-ring (bicyclic) bond motifs is 1. The number of aliphatic hydroxyl groups is 1. The molecular weight excluding hydrogens is 542 g/mol. The highest BCUT2D eigenvalue weighted by atomic mass is 16.5. The van der Waals surface area contributed by atoms with Crippen LogP contribution in [0, 0.1) is 11.8 Å². The molecule has 1 aromatic carbocycles. The van der Waals surface area contributed by atoms with Crippen LogP contribution in [0.2, 0.25) is 0 Å². The minimum absolute atomic E-state index is 0.0553. The van der Waals surface area contributed by atoms with E-state index in [1.54, 1.807) is 22.0 Å². The third kappa shape index (κ3) is 5.14. The van der Waals surface area contributed by atoms with Gasteiger partial charge in [-0.15, -0.1) is 13.2 Å². The second-order valence-electron chi connectivity index (χ2n) is 12.8. The Morgan fingerprint density at radius 1 is 1.07 bits per heavy atom. The van der Waals surface area contributed by atoms with Gasteiger partial charge in [-0.1, -0.05) is 75.6 Å². The van der Waals surface area contributed by atoms with E-state index in [4.69, 9.17) is 4.74 Å². The van der Waals surface area contributed by atoms with Crippen molar-refractivity contribution in [3.63, 3.8) is 0 Å². The second-order valence-corrected chi connectivity index (χ2v) is 12.8. The Morgan fingerprint density at radius 2 is 1.77 bits per heavy atom. The maximum absolute atomic E-state index is 15.0. The molecule has 1 spiro atoms. The number of likely N-dealkylation sites (tertiary alicyclic amines) is 1. The summed E-state index contributed by atoms with van der Waals surface area (Å²) in [6.07, 6.45) is 11.0. The predicted octanol–water partition coefficient (Wildman–Crippen LogP) is 4.65. The van der Waals surface area contributed by atoms with Crippen molar-refractivity contribution in [2.24, 2.45) is 11.8 Å². The zero-order chi connectivity index (χ0) is 30.8. The molecule has 2 bridgehead atoms. The average molecular weight is 592 g/mol. The van der Waals surface area contributed by atoms with Gasteiger partial charge in [0.1, 0.15) is 11.6 Å². The highest BCUT2D eigenvalue weighted by Crippen LogP contribution is 2.65. The van der Waals surface area contributed by atoms with Crippen LogP contribution in [0.5, 0.6) is 0 Å². The highest BCUT2D eigenvalue weighted by molar-refractivity contribution is 5.99. The van der Waals surface area contributed by atoms with Crippen LogP contribution in [-0.2, 0) is 19.1 Å². The summed E-state index contributed by atoms with van der Waals surface area (Å²) in [4.78, 5) is 49.6. The van der Waals surface area contributed by atoms with Crippen molar-refractivity contribution in [2.75, 3.05) is 26.2 Å². The van der Waals surface area contributed by atoms with Crippen molar-refractivity contribution in [2.45, 2.75) is 101 Å². The van der Waals surface area contributed by atoms with Crippen LogP contribution < -0.4 is 0 Å². The minimum Gasteiger partial charge on any atom is -0.394 e. The smallest absolute Gasteiger partial charge is 0.248 e. The fourth-order valence-corrected chi connectivity index (χ4v) is 8.70. The summed E-state index contributed by atoms with van der Waals surface area (Å²) < 4.78 is 7.05. The predicted molar refractivity (Wildman–Crippen MR) is 166 cm³/mol. The molecule has 6 atom stereocenters. The van der Waals surface area contributed by atoms with Gasteiger partial charge in [0.25, 0.3) is 0 Å². The highest BCUT2D eigenvalue weighted by Gasteiger charge is 2.79. The molecule has 3 heterocycles. The van der Waals surface area contributed by atoms with E-state index in [2.05, 4.69) is 13.2 Å². The standard InChI is InChI=1S/C35H49N3O5/c1-5-21-36(22-6-2)31(40)28-29-32(41)38(27(24-39)25-15-11-9-12-16-25)30(35(29)20-19-34(28,8-4)43-35)33(42)37(23-7-3)26-17-13-10-14-18-26/h5,7,9,11-12,15-16,26-30,39H,1,3,6,8,10,13-14,17-24H2,2,4H3/t27-,28-,29+,30?,34+,35?/m1/s1. The van der Waals surface area contributed by atoms with Crippen molar-refractivity contribution < 1.29 is 24.2 Å². The number of rotatable bonds is 13. The Bertz CT molecular complexity index is 1200. The van der Waals surface area contributed by atoms with Crippen molar-refractivity contribution in [1.29, 1.82) is 0 Å². The molecule has 234 valence electrons. The molecule has 8 heteroatoms. The zero-order valence-corrected chi connectivity index (χ0v) is 26.0. The van der Waals surface area contributed by atoms with Crippen LogP contribution in [0.4, 0.5) is 0 Å². The second kappa shape index (κ2) is 12.9. The average Bonchev–Trinajstić information content (AvgIpc) is 3.64. The topological polar surface area (TPSA) is 90.4 Å². The van der Waals surface area contributed by atoms with E-state index in [0.29, 0.717) is 38.9 Å². The van der Waals surface area contributed by atoms with E-state index in [1.807, 2.05) is 49.1 Å². The Morgan fingerprint density at radius 3 is 2.37 bits per heavy atom. The Labute approximate surface area is 256 Å². The number of aliphatic hydroxyl groups excluding tert-OH is 1. The number of hydrogen-bond acceptors (Lipinski definition) is 5. The number of nitrogens with zero attached hydrogens (tertiary/aromatic N) is 3. The van der Waals surface area contributed by atoms with E-state index < -0.39 is 35.1 Å². The largest absolute Gasteiger partial charge is 0.394 e. The molecule has 1 aliphatic carbocycles. The summed E-state index contributed by atoms with van der Waals surface area (Å²) >= 11 is 0. The fraction of sp³-hybridized carbons (Fsp3) is 0.629. The van der Waals surface area contributed by atoms with Gasteiger partial charge in [0.05, 0.1) is 30.1 Å². The number of amides is 3. The molecule has 1 N–H and O–H groups in total. The van der Waals surface area contributed by atoms with Crippen LogP contribution in [0.1, 0.15) is 83.2 Å². The molecule has 4 aliphatic rings. The SMILES string of the molecule is C=CCN(CCC)C(=O)[C@H]1[C@H]2C(=O)N([C@H](CO)c3ccccc3)C(C(=O)N(CC=C)C3CCCCC3)C23CC[C@]1(CC)O3. The lowest BCUT2D eigenvalue weighted by Crippen LogP contribution is -2.59. The third-order valence-electron chi connectivity index (χ3n) is 10.6. The Kier molecular flexibility index (Phi) is 9.47. The number of carbonyl (C=O) groups is 3. The first kappa shape index (κ1) is 31.5. The van der Waals surface area contributed by atoms with Crippen molar-refractivity contribution in [3.05, 3.63) is 61.2 Å². The summed E-state index contributed by atoms with van der Waals surface area (Å²) in [5.74, 6) is -2.04. The molecule has 0 aromatic heterocycles. The van der Waals surface area contributed by atoms with Crippen molar-refractivity contribution >= 4 is 17.7 Å². The first-order chi connectivity index (χ1) is 20.8. The normalized spacial score (nSPS) is 30.6. The van der Waals surface area contributed by atoms with E-state index >= 15 is 0 Å². The van der Waals surface area contributed by atoms with Gasteiger partial charge in [-0.25, -0.2) is 0 Å². The van der Waals surface area contributed by atoms with Crippen LogP contribution in [0.3, 0.4) is 0 Å². The first-order valence-electron chi connectivity index (χ1n) is 16.3. The van der Waals surface area contributed by atoms with Gasteiger partial charge in [0.2, 0.25) is 17.7 Å². The van der Waals surface area contributed by atoms with Gasteiger partial charge in [-0.2, -0.15) is 0 Å². The van der Waals surface area contributed by atoms with Crippen molar-refractivity contribution in [3.8, 4) is 0 Å². The molecule has 1 saturated carbocycles. The van der Waals surface area contributed by atoms with Gasteiger partial charge in [0, 0.05) is 25.7 Å². The zero-order valence-electron chi connectivity index (χ0n) is 26.0. The molecule has 43 heavy (non-hydrogen) atoms. The fourth-order valence-electron chi connectivity index (χ4n) is 8.70. The monoisotopic (exact) mass is 591 g/mol. The minimum atomic E-state index is -1.15. The van der Waals surface area contributed by atoms with E-state index in [1.165, 1.54) is 0 Å². The Hall–Kier alpha value is -2.97. The first-order valence-corrected chi connectivity index (χ1v) is 16.3. The third-order valence-corrected chi connectivity index (χ3v) is 10.6. The molecule has 5 rings (SSSR count). The van der Waals surface area contributed by atoms with Gasteiger partial charge in [0.15, 0.2) is 0 Å². The van der Waals surface area contributed by atoms with Gasteiger partial charge in [-0.05, 0) is 44.1 Å². The number of benzene rings is 1. The lowest BCUT2D eigenvalue weighted by molar-refractivity contribution is -0.159. The Balaban J connectivity index is 1.65. The molecule has 4 fully saturated rings. The molecule has 3 amide bonds. The summed E-state index contributed by atoms with van der Waals surface area (Å²) in [5, 5.41) is 10.8. The van der Waals surface area contributed by atoms with E-state index in [9.17, 15) is 19.5 Å². The molecule has 3 saturated heterocycles. The number of ether oxygens (including phenoxy) is 1. The van der Waals surface area contributed by atoms with Crippen molar-refractivity contribution in [1.82, 2.24) is 14.7 Å². The molecule has 1 aromatic rings. The summed E-state index contributed by atoms with van der Waals surface area (Å²) in [6.45, 7) is 12.9. The maximum Gasteiger partial charge on any atom is 0.248 e. The molecular formula is C35H49N3O5. The van der Waals surface area contributed by atoms with Gasteiger partial charge < -0.3 is 24.5 Å². The lowest BCUT2D eigenvalue weighted by Gasteiger charge is -2.42. The molecule has 3 aliphatic heterocycles. The lowest BCUT2D eigenvalue weighted by atomic mass is 9.64. The maximum atomic E-state index is 15.0. The van der Waals surface area contributed by atoms with Gasteiger partial charge in [-0.3, -0.25) is 14.4 Å². The number of carbonyl (C=O) groups excluding carboxylic acids is 3. The van der Waals surface area contributed by atoms with Crippen LogP contribution in [0.15, 0.2) is 55.6 Å². The molecule has 2 unspecified atom stereocenters.